The summed E-state index contributed by atoms with van der Waals surface area (Å²) in [5.74, 6) is -0.466. The van der Waals surface area contributed by atoms with Crippen LogP contribution in [-0.4, -0.2) is 29.7 Å². The molecular weight excluding hydrogens is 370 g/mol. The number of benzene rings is 2. The van der Waals surface area contributed by atoms with Crippen LogP contribution in [0.3, 0.4) is 0 Å². The number of carboxylic acid groups (broad SMARTS) is 1. The fraction of sp³-hybridized carbons (Fsp3) is 0.300. The van der Waals surface area contributed by atoms with Crippen LogP contribution >= 0.6 is 11.6 Å². The Labute approximate surface area is 163 Å². The third-order valence-electron chi connectivity index (χ3n) is 3.74. The van der Waals surface area contributed by atoms with Gasteiger partial charge in [0.2, 0.25) is 0 Å². The van der Waals surface area contributed by atoms with Crippen LogP contribution in [0.4, 0.5) is 5.69 Å². The van der Waals surface area contributed by atoms with Crippen molar-refractivity contribution in [3.8, 4) is 11.5 Å². The molecule has 0 heterocycles. The van der Waals surface area contributed by atoms with E-state index in [0.29, 0.717) is 22.2 Å². The maximum Gasteiger partial charge on any atom is 0.341 e. The molecule has 1 unspecified atom stereocenters. The summed E-state index contributed by atoms with van der Waals surface area (Å²) in [7, 11) is 0. The van der Waals surface area contributed by atoms with E-state index >= 15 is 0 Å². The summed E-state index contributed by atoms with van der Waals surface area (Å²) in [5.41, 5.74) is 1.35. The Morgan fingerprint density at radius 2 is 1.89 bits per heavy atom. The molecule has 0 saturated heterocycles. The first-order valence-corrected chi connectivity index (χ1v) is 8.82. The number of hydrogen-bond acceptors (Lipinski definition) is 4. The van der Waals surface area contributed by atoms with Crippen LogP contribution in [0.1, 0.15) is 19.4 Å². The van der Waals surface area contributed by atoms with Gasteiger partial charge in [0, 0.05) is 10.7 Å². The van der Waals surface area contributed by atoms with Crippen molar-refractivity contribution in [2.24, 2.45) is 5.92 Å². The van der Waals surface area contributed by atoms with Crippen LogP contribution in [0.25, 0.3) is 0 Å². The average molecular weight is 392 g/mol. The van der Waals surface area contributed by atoms with Crippen molar-refractivity contribution in [2.45, 2.75) is 26.9 Å². The number of aliphatic carboxylic acids is 1. The second-order valence-electron chi connectivity index (χ2n) is 6.39. The van der Waals surface area contributed by atoms with E-state index in [-0.39, 0.29) is 11.8 Å². The van der Waals surface area contributed by atoms with E-state index in [1.807, 2.05) is 13.8 Å². The lowest BCUT2D eigenvalue weighted by Crippen LogP contribution is -2.37. The largest absolute Gasteiger partial charge is 0.482 e. The van der Waals surface area contributed by atoms with E-state index in [2.05, 4.69) is 5.32 Å². The first-order valence-electron chi connectivity index (χ1n) is 8.44. The lowest BCUT2D eigenvalue weighted by molar-refractivity contribution is -0.139. The molecule has 0 aliphatic rings. The molecule has 0 radical (unpaired) electrons. The van der Waals surface area contributed by atoms with Crippen LogP contribution < -0.4 is 14.8 Å². The van der Waals surface area contributed by atoms with Gasteiger partial charge < -0.3 is 19.9 Å². The van der Waals surface area contributed by atoms with Crippen LogP contribution in [0, 0.1) is 12.8 Å². The van der Waals surface area contributed by atoms with E-state index < -0.39 is 18.7 Å². The SMILES string of the molecule is Cc1cc(OCC(=O)O)ccc1NC(=O)C(Oc1cccc(Cl)c1)C(C)C. The first-order chi connectivity index (χ1) is 12.8. The van der Waals surface area contributed by atoms with Gasteiger partial charge in [-0.15, -0.1) is 0 Å². The summed E-state index contributed by atoms with van der Waals surface area (Å²) >= 11 is 5.97. The number of carboxylic acids is 1. The second kappa shape index (κ2) is 9.28. The number of ether oxygens (including phenoxy) is 2. The predicted molar refractivity (Wildman–Crippen MR) is 104 cm³/mol. The molecule has 0 bridgehead atoms. The molecule has 2 N–H and O–H groups in total. The van der Waals surface area contributed by atoms with Gasteiger partial charge in [-0.05, 0) is 54.8 Å². The van der Waals surface area contributed by atoms with Gasteiger partial charge in [-0.2, -0.15) is 0 Å². The fourth-order valence-electron chi connectivity index (χ4n) is 2.39. The van der Waals surface area contributed by atoms with Gasteiger partial charge in [0.1, 0.15) is 11.5 Å². The fourth-order valence-corrected chi connectivity index (χ4v) is 2.57. The van der Waals surface area contributed by atoms with E-state index in [0.717, 1.165) is 5.56 Å². The third-order valence-corrected chi connectivity index (χ3v) is 3.98. The van der Waals surface area contributed by atoms with Gasteiger partial charge >= 0.3 is 5.97 Å². The number of carbonyl (C=O) groups excluding carboxylic acids is 1. The second-order valence-corrected chi connectivity index (χ2v) is 6.82. The number of hydrogen-bond donors (Lipinski definition) is 2. The highest BCUT2D eigenvalue weighted by Gasteiger charge is 2.25. The highest BCUT2D eigenvalue weighted by molar-refractivity contribution is 6.30. The first kappa shape index (κ1) is 20.6. The van der Waals surface area contributed by atoms with E-state index in [9.17, 15) is 9.59 Å². The molecule has 144 valence electrons. The van der Waals surface area contributed by atoms with E-state index in [1.165, 1.54) is 0 Å². The smallest absolute Gasteiger partial charge is 0.341 e. The van der Waals surface area contributed by atoms with Gasteiger partial charge in [-0.3, -0.25) is 4.79 Å². The Kier molecular flexibility index (Phi) is 7.07. The van der Waals surface area contributed by atoms with Gasteiger partial charge in [0.15, 0.2) is 12.7 Å². The average Bonchev–Trinajstić information content (AvgIpc) is 2.59. The summed E-state index contributed by atoms with van der Waals surface area (Å²) in [5, 5.41) is 12.0. The summed E-state index contributed by atoms with van der Waals surface area (Å²) in [6, 6.07) is 11.8. The van der Waals surface area contributed by atoms with Crippen LogP contribution in [0.2, 0.25) is 5.02 Å². The summed E-state index contributed by atoms with van der Waals surface area (Å²) < 4.78 is 11.0. The van der Waals surface area contributed by atoms with Crippen molar-refractivity contribution >= 4 is 29.2 Å². The zero-order valence-electron chi connectivity index (χ0n) is 15.4. The normalized spacial score (nSPS) is 11.7. The van der Waals surface area contributed by atoms with Crippen molar-refractivity contribution in [1.82, 2.24) is 0 Å². The minimum absolute atomic E-state index is 0.0672. The van der Waals surface area contributed by atoms with Crippen molar-refractivity contribution in [3.05, 3.63) is 53.1 Å². The van der Waals surface area contributed by atoms with Crippen LogP contribution in [0.15, 0.2) is 42.5 Å². The molecule has 0 saturated carbocycles. The Morgan fingerprint density at radius 1 is 1.15 bits per heavy atom. The maximum absolute atomic E-state index is 12.7. The minimum atomic E-state index is -1.05. The number of halogens is 1. The molecule has 6 nitrogen and oxygen atoms in total. The summed E-state index contributed by atoms with van der Waals surface area (Å²) in [4.78, 5) is 23.3. The number of nitrogens with one attached hydrogen (secondary N) is 1. The zero-order valence-corrected chi connectivity index (χ0v) is 16.1. The zero-order chi connectivity index (χ0) is 20.0. The van der Waals surface area contributed by atoms with Crippen molar-refractivity contribution in [2.75, 3.05) is 11.9 Å². The summed E-state index contributed by atoms with van der Waals surface area (Å²) in [6.45, 7) is 5.16. The molecule has 0 aliphatic heterocycles. The Hall–Kier alpha value is -2.73. The molecule has 2 aromatic rings. The van der Waals surface area contributed by atoms with E-state index in [1.54, 1.807) is 49.4 Å². The topological polar surface area (TPSA) is 84.9 Å². The predicted octanol–water partition coefficient (Wildman–Crippen LogP) is 4.15. The third kappa shape index (κ3) is 6.18. The van der Waals surface area contributed by atoms with Gasteiger partial charge in [0.25, 0.3) is 5.91 Å². The van der Waals surface area contributed by atoms with Crippen molar-refractivity contribution < 1.29 is 24.2 Å². The molecule has 7 heteroatoms. The molecule has 2 aromatic carbocycles. The number of amides is 1. The Balaban J connectivity index is 2.09. The lowest BCUT2D eigenvalue weighted by atomic mass is 10.1. The molecular formula is C20H22ClNO5. The summed E-state index contributed by atoms with van der Waals surface area (Å²) in [6.07, 6.45) is -0.703. The quantitative estimate of drug-likeness (QED) is 0.706. The van der Waals surface area contributed by atoms with Gasteiger partial charge in [-0.25, -0.2) is 4.79 Å². The molecule has 0 fully saturated rings. The number of anilines is 1. The standard InChI is InChI=1S/C20H22ClNO5/c1-12(2)19(27-16-6-4-5-14(21)10-16)20(25)22-17-8-7-15(9-13(17)3)26-11-18(23)24/h4-10,12,19H,11H2,1-3H3,(H,22,25)(H,23,24). The number of aryl methyl sites for hydroxylation is 1. The highest BCUT2D eigenvalue weighted by Crippen LogP contribution is 2.24. The highest BCUT2D eigenvalue weighted by atomic mass is 35.5. The molecule has 1 atom stereocenters. The molecule has 0 aliphatic carbocycles. The molecule has 1 amide bonds. The number of rotatable bonds is 8. The molecule has 27 heavy (non-hydrogen) atoms. The number of carbonyl (C=O) groups is 2. The lowest BCUT2D eigenvalue weighted by Gasteiger charge is -2.22. The molecule has 0 aromatic heterocycles. The molecule has 0 spiro atoms. The molecule has 2 rings (SSSR count). The van der Waals surface area contributed by atoms with Crippen LogP contribution in [-0.2, 0) is 9.59 Å². The Morgan fingerprint density at radius 3 is 2.48 bits per heavy atom. The van der Waals surface area contributed by atoms with E-state index in [4.69, 9.17) is 26.2 Å². The maximum atomic E-state index is 12.7. The van der Waals surface area contributed by atoms with Crippen molar-refractivity contribution in [1.29, 1.82) is 0 Å². The Bertz CT molecular complexity index is 822. The van der Waals surface area contributed by atoms with Crippen LogP contribution in [0.5, 0.6) is 11.5 Å². The van der Waals surface area contributed by atoms with Gasteiger partial charge in [-0.1, -0.05) is 31.5 Å². The monoisotopic (exact) mass is 391 g/mol. The minimum Gasteiger partial charge on any atom is -0.482 e. The van der Waals surface area contributed by atoms with Gasteiger partial charge in [0.05, 0.1) is 0 Å². The van der Waals surface area contributed by atoms with Crippen molar-refractivity contribution in [3.63, 3.8) is 0 Å².